The predicted molar refractivity (Wildman–Crippen MR) is 54.0 cm³/mol. The molecule has 0 fully saturated rings. The van der Waals surface area contributed by atoms with Crippen molar-refractivity contribution in [3.05, 3.63) is 30.3 Å². The van der Waals surface area contributed by atoms with Gasteiger partial charge in [0, 0.05) is 11.1 Å². The molecule has 0 spiro atoms. The number of thioether (sulfide) groups is 1. The fraction of sp³-hybridized carbons (Fsp3) is 0.200. The first-order valence-corrected chi connectivity index (χ1v) is 5.11. The lowest BCUT2D eigenvalue weighted by atomic mass is 10.3. The summed E-state index contributed by atoms with van der Waals surface area (Å²) in [4.78, 5) is 0. The molecule has 0 saturated heterocycles. The van der Waals surface area contributed by atoms with Gasteiger partial charge in [-0.05, 0) is 12.1 Å². The summed E-state index contributed by atoms with van der Waals surface area (Å²) in [6.07, 6.45) is 0. The van der Waals surface area contributed by atoms with E-state index in [4.69, 9.17) is 9.52 Å². The van der Waals surface area contributed by atoms with Crippen molar-refractivity contribution in [2.45, 2.75) is 5.09 Å². The van der Waals surface area contributed by atoms with Crippen LogP contribution in [0.1, 0.15) is 0 Å². The number of rotatable bonds is 3. The van der Waals surface area contributed by atoms with Gasteiger partial charge in [0.25, 0.3) is 0 Å². The van der Waals surface area contributed by atoms with E-state index in [1.807, 2.05) is 30.3 Å². The molecule has 13 heavy (non-hydrogen) atoms. The summed E-state index contributed by atoms with van der Waals surface area (Å²) in [7, 11) is 0. The van der Waals surface area contributed by atoms with Gasteiger partial charge in [0.05, 0.1) is 6.61 Å². The molecule has 0 aliphatic heterocycles. The molecule has 0 bridgehead atoms. The van der Waals surface area contributed by atoms with E-state index in [-0.39, 0.29) is 6.61 Å². The van der Waals surface area contributed by atoms with Crippen molar-refractivity contribution in [3.63, 3.8) is 0 Å². The Kier molecular flexibility index (Phi) is 2.57. The van der Waals surface area contributed by atoms with Crippen LogP contribution >= 0.6 is 11.8 Å². The van der Waals surface area contributed by atoms with Gasteiger partial charge in [-0.2, -0.15) is 0 Å². The molecule has 0 amide bonds. The number of benzene rings is 1. The fourth-order valence-electron chi connectivity index (χ4n) is 1.17. The average molecular weight is 194 g/mol. The lowest BCUT2D eigenvalue weighted by molar-refractivity contribution is 0.322. The highest BCUT2D eigenvalue weighted by molar-refractivity contribution is 7.99. The molecular weight excluding hydrogens is 184 g/mol. The minimum Gasteiger partial charge on any atom is -0.450 e. The summed E-state index contributed by atoms with van der Waals surface area (Å²) in [5.41, 5.74) is 0.905. The molecule has 0 atom stereocenters. The molecule has 2 nitrogen and oxygen atoms in total. The Labute approximate surface area is 80.6 Å². The Bertz CT molecular complexity index is 361. The predicted octanol–water partition coefficient (Wildman–Crippen LogP) is 2.52. The number of hydrogen-bond acceptors (Lipinski definition) is 3. The summed E-state index contributed by atoms with van der Waals surface area (Å²) >= 11 is 1.53. The molecule has 1 heterocycles. The first-order valence-electron chi connectivity index (χ1n) is 4.12. The maximum Gasteiger partial charge on any atom is 0.161 e. The maximum absolute atomic E-state index is 8.64. The van der Waals surface area contributed by atoms with Gasteiger partial charge >= 0.3 is 0 Å². The molecule has 1 N–H and O–H groups in total. The van der Waals surface area contributed by atoms with Crippen LogP contribution in [0.4, 0.5) is 0 Å². The van der Waals surface area contributed by atoms with Crippen molar-refractivity contribution in [1.82, 2.24) is 0 Å². The Balaban J connectivity index is 2.28. The van der Waals surface area contributed by atoms with E-state index >= 15 is 0 Å². The molecule has 2 aromatic rings. The molecular formula is C10H10O2S. The van der Waals surface area contributed by atoms with Crippen LogP contribution in [0.5, 0.6) is 0 Å². The van der Waals surface area contributed by atoms with E-state index in [0.717, 1.165) is 16.1 Å². The Morgan fingerprint density at radius 3 is 2.92 bits per heavy atom. The van der Waals surface area contributed by atoms with E-state index < -0.39 is 0 Å². The summed E-state index contributed by atoms with van der Waals surface area (Å²) in [5.74, 6) is 0.680. The van der Waals surface area contributed by atoms with E-state index in [2.05, 4.69) is 0 Å². The molecule has 2 rings (SSSR count). The SMILES string of the molecule is OCCSc1cc2ccccc2o1. The third-order valence-electron chi connectivity index (χ3n) is 1.74. The molecule has 68 valence electrons. The van der Waals surface area contributed by atoms with Gasteiger partial charge in [0.1, 0.15) is 5.58 Å². The van der Waals surface area contributed by atoms with Crippen molar-refractivity contribution in [2.75, 3.05) is 12.4 Å². The molecule has 0 aliphatic carbocycles. The van der Waals surface area contributed by atoms with Crippen LogP contribution in [-0.2, 0) is 0 Å². The van der Waals surface area contributed by atoms with Crippen molar-refractivity contribution >= 4 is 22.7 Å². The number of para-hydroxylation sites is 1. The van der Waals surface area contributed by atoms with Gasteiger partial charge in [-0.3, -0.25) is 0 Å². The summed E-state index contributed by atoms with van der Waals surface area (Å²) in [5, 5.41) is 10.6. The van der Waals surface area contributed by atoms with Crippen LogP contribution in [0.3, 0.4) is 0 Å². The Morgan fingerprint density at radius 2 is 2.15 bits per heavy atom. The van der Waals surface area contributed by atoms with E-state index in [1.165, 1.54) is 11.8 Å². The monoisotopic (exact) mass is 194 g/mol. The zero-order chi connectivity index (χ0) is 9.10. The third-order valence-corrected chi connectivity index (χ3v) is 2.61. The van der Waals surface area contributed by atoms with Crippen molar-refractivity contribution in [1.29, 1.82) is 0 Å². The highest BCUT2D eigenvalue weighted by Gasteiger charge is 2.01. The molecule has 0 saturated carbocycles. The number of aliphatic hydroxyl groups excluding tert-OH is 1. The summed E-state index contributed by atoms with van der Waals surface area (Å²) in [6.45, 7) is 0.182. The Hall–Kier alpha value is -0.930. The lowest BCUT2D eigenvalue weighted by Gasteiger charge is -1.90. The molecule has 1 aromatic heterocycles. The minimum absolute atomic E-state index is 0.182. The fourth-order valence-corrected chi connectivity index (χ4v) is 1.83. The minimum atomic E-state index is 0.182. The standard InChI is InChI=1S/C10H10O2S/c11-5-6-13-10-7-8-3-1-2-4-9(8)12-10/h1-4,7,11H,5-6H2. The van der Waals surface area contributed by atoms with Gasteiger partial charge in [-0.1, -0.05) is 30.0 Å². The molecule has 1 aromatic carbocycles. The largest absolute Gasteiger partial charge is 0.450 e. The first kappa shape index (κ1) is 8.66. The highest BCUT2D eigenvalue weighted by Crippen LogP contribution is 2.26. The van der Waals surface area contributed by atoms with Crippen LogP contribution in [0, 0.1) is 0 Å². The van der Waals surface area contributed by atoms with Crippen LogP contribution in [0.2, 0.25) is 0 Å². The van der Waals surface area contributed by atoms with Crippen molar-refractivity contribution in [3.8, 4) is 0 Å². The second-order valence-corrected chi connectivity index (χ2v) is 3.77. The smallest absolute Gasteiger partial charge is 0.161 e. The van der Waals surface area contributed by atoms with Crippen LogP contribution in [0.25, 0.3) is 11.0 Å². The van der Waals surface area contributed by atoms with Gasteiger partial charge in [-0.25, -0.2) is 0 Å². The highest BCUT2D eigenvalue weighted by atomic mass is 32.2. The van der Waals surface area contributed by atoms with E-state index in [9.17, 15) is 0 Å². The first-order chi connectivity index (χ1) is 6.40. The van der Waals surface area contributed by atoms with Gasteiger partial charge < -0.3 is 9.52 Å². The number of fused-ring (bicyclic) bond motifs is 1. The van der Waals surface area contributed by atoms with Crippen molar-refractivity contribution in [2.24, 2.45) is 0 Å². The summed E-state index contributed by atoms with van der Waals surface area (Å²) in [6, 6.07) is 9.89. The van der Waals surface area contributed by atoms with Crippen LogP contribution < -0.4 is 0 Å². The molecule has 0 unspecified atom stereocenters. The quantitative estimate of drug-likeness (QED) is 0.762. The second-order valence-electron chi connectivity index (χ2n) is 2.68. The average Bonchev–Trinajstić information content (AvgIpc) is 2.57. The summed E-state index contributed by atoms with van der Waals surface area (Å²) < 4.78 is 5.52. The van der Waals surface area contributed by atoms with Crippen molar-refractivity contribution < 1.29 is 9.52 Å². The number of hydrogen-bond donors (Lipinski definition) is 1. The molecule has 0 radical (unpaired) electrons. The zero-order valence-corrected chi connectivity index (χ0v) is 7.88. The van der Waals surface area contributed by atoms with E-state index in [1.54, 1.807) is 0 Å². The molecule has 3 heteroatoms. The van der Waals surface area contributed by atoms with Crippen LogP contribution in [-0.4, -0.2) is 17.5 Å². The van der Waals surface area contributed by atoms with Crippen LogP contribution in [0.15, 0.2) is 39.8 Å². The third kappa shape index (κ3) is 1.87. The second kappa shape index (κ2) is 3.85. The van der Waals surface area contributed by atoms with Gasteiger partial charge in [0.2, 0.25) is 0 Å². The Morgan fingerprint density at radius 1 is 1.31 bits per heavy atom. The van der Waals surface area contributed by atoms with Gasteiger partial charge in [-0.15, -0.1) is 0 Å². The maximum atomic E-state index is 8.64. The number of aliphatic hydroxyl groups is 1. The lowest BCUT2D eigenvalue weighted by Crippen LogP contribution is -1.83. The van der Waals surface area contributed by atoms with E-state index in [0.29, 0.717) is 5.75 Å². The zero-order valence-electron chi connectivity index (χ0n) is 7.06. The topological polar surface area (TPSA) is 33.4 Å². The van der Waals surface area contributed by atoms with Gasteiger partial charge in [0.15, 0.2) is 5.09 Å². The normalized spacial score (nSPS) is 10.8. The number of furan rings is 1. The molecule has 0 aliphatic rings.